The number of methoxy groups -OCH3 is 1. The number of amides is 3. The Morgan fingerprint density at radius 1 is 0.925 bits per heavy atom. The first-order valence-corrected chi connectivity index (χ1v) is 12.6. The molecule has 0 aliphatic rings. The van der Waals surface area contributed by atoms with E-state index in [1.807, 2.05) is 0 Å². The molecule has 4 N–H and O–H groups in total. The highest BCUT2D eigenvalue weighted by Gasteiger charge is 2.39. The fourth-order valence-electron chi connectivity index (χ4n) is 3.35. The summed E-state index contributed by atoms with van der Waals surface area (Å²) < 4.78 is 48.0. The monoisotopic (exact) mass is 631 g/mol. The molecule has 2 rings (SSSR count). The quantitative estimate of drug-likeness (QED) is 0.306. The molecule has 0 aliphatic carbocycles. The number of esters is 1. The summed E-state index contributed by atoms with van der Waals surface area (Å²) in [6.45, 7) is 4.87. The number of nitrogens with one attached hydrogen (secondary N) is 3. The molecule has 0 saturated heterocycles. The van der Waals surface area contributed by atoms with Crippen molar-refractivity contribution in [3.63, 3.8) is 0 Å². The summed E-state index contributed by atoms with van der Waals surface area (Å²) in [5, 5.41) is 16.2. The maximum absolute atomic E-state index is 13.3. The van der Waals surface area contributed by atoms with Gasteiger partial charge in [-0.05, 0) is 72.1 Å². The van der Waals surface area contributed by atoms with Gasteiger partial charge in [-0.2, -0.15) is 13.2 Å². The number of carbonyl (C=O) groups is 4. The largest absolute Gasteiger partial charge is 0.508 e. The molecule has 2 aromatic carbocycles. The first kappa shape index (κ1) is 32.4. The zero-order chi connectivity index (χ0) is 30.3. The Morgan fingerprint density at radius 3 is 2.02 bits per heavy atom. The van der Waals surface area contributed by atoms with Crippen LogP contribution < -0.4 is 16.0 Å². The molecule has 0 heterocycles. The van der Waals surface area contributed by atoms with E-state index in [0.29, 0.717) is 11.1 Å². The highest BCUT2D eigenvalue weighted by Crippen LogP contribution is 2.27. The van der Waals surface area contributed by atoms with Crippen LogP contribution in [0.1, 0.15) is 31.9 Å². The number of hydrogen-bond acceptors (Lipinski definition) is 7. The lowest BCUT2D eigenvalue weighted by atomic mass is 10.0. The number of ether oxygens (including phenoxy) is 2. The minimum Gasteiger partial charge on any atom is -0.508 e. The lowest BCUT2D eigenvalue weighted by Crippen LogP contribution is -2.53. The second kappa shape index (κ2) is 13.5. The summed E-state index contributed by atoms with van der Waals surface area (Å²) in [4.78, 5) is 49.5. The second-order valence-electron chi connectivity index (χ2n) is 9.62. The van der Waals surface area contributed by atoms with E-state index in [1.54, 1.807) is 38.2 Å². The molecule has 218 valence electrons. The van der Waals surface area contributed by atoms with E-state index in [2.05, 4.69) is 26.6 Å². The van der Waals surface area contributed by atoms with Crippen LogP contribution in [0.5, 0.6) is 5.75 Å². The number of hydrogen-bond donors (Lipinski definition) is 4. The second-order valence-corrected chi connectivity index (χ2v) is 10.5. The zero-order valence-electron chi connectivity index (χ0n) is 22.0. The van der Waals surface area contributed by atoms with Gasteiger partial charge in [0.1, 0.15) is 23.4 Å². The fourth-order valence-corrected chi connectivity index (χ4v) is 3.88. The summed E-state index contributed by atoms with van der Waals surface area (Å²) in [5.41, 5.74) is -0.0569. The average molecular weight is 632 g/mol. The molecule has 0 bridgehead atoms. The Bertz CT molecular complexity index is 1230. The van der Waals surface area contributed by atoms with Crippen LogP contribution >= 0.6 is 15.9 Å². The fraction of sp³-hybridized carbons (Fsp3) is 0.385. The van der Waals surface area contributed by atoms with Crippen LogP contribution in [0.15, 0.2) is 46.9 Å². The van der Waals surface area contributed by atoms with E-state index in [1.165, 1.54) is 30.3 Å². The Kier molecular flexibility index (Phi) is 10.9. The molecule has 0 spiro atoms. The lowest BCUT2D eigenvalue weighted by molar-refractivity contribution is -0.167. The van der Waals surface area contributed by atoms with Crippen molar-refractivity contribution in [2.24, 2.45) is 0 Å². The van der Waals surface area contributed by atoms with Crippen molar-refractivity contribution < 1.29 is 46.9 Å². The van der Waals surface area contributed by atoms with Crippen LogP contribution in [0.2, 0.25) is 0 Å². The Hall–Kier alpha value is -3.81. The maximum Gasteiger partial charge on any atom is 0.471 e. The number of anilines is 1. The number of benzene rings is 2. The first-order valence-electron chi connectivity index (χ1n) is 11.8. The van der Waals surface area contributed by atoms with Crippen molar-refractivity contribution in [3.05, 3.63) is 58.1 Å². The van der Waals surface area contributed by atoms with Crippen molar-refractivity contribution in [1.82, 2.24) is 10.6 Å². The van der Waals surface area contributed by atoms with Crippen molar-refractivity contribution in [2.75, 3.05) is 12.4 Å². The van der Waals surface area contributed by atoms with E-state index in [9.17, 15) is 37.5 Å². The van der Waals surface area contributed by atoms with Crippen molar-refractivity contribution in [3.8, 4) is 5.75 Å². The SMILES string of the molecule is COC(=O)[C@H](Cc1ccc(O)cc1)NC(=O)[C@H](Cc1ccc(NC(=O)C(F)(F)F)c(Br)c1)NC(=O)OC(C)(C)C. The number of phenols is 1. The number of alkyl carbamates (subject to hydrolysis) is 1. The van der Waals surface area contributed by atoms with Crippen LogP contribution in [0, 0.1) is 0 Å². The van der Waals surface area contributed by atoms with E-state index < -0.39 is 47.7 Å². The summed E-state index contributed by atoms with van der Waals surface area (Å²) in [6, 6.07) is 7.44. The summed E-state index contributed by atoms with van der Waals surface area (Å²) in [6.07, 6.45) is -6.16. The van der Waals surface area contributed by atoms with Gasteiger partial charge >= 0.3 is 24.1 Å². The Morgan fingerprint density at radius 2 is 1.50 bits per heavy atom. The normalized spacial score (nSPS) is 13.0. The minimum atomic E-state index is -5.09. The maximum atomic E-state index is 13.3. The van der Waals surface area contributed by atoms with Crippen molar-refractivity contribution in [1.29, 1.82) is 0 Å². The number of alkyl halides is 3. The summed E-state index contributed by atoms with van der Waals surface area (Å²) in [7, 11) is 1.14. The molecule has 0 unspecified atom stereocenters. The highest BCUT2D eigenvalue weighted by molar-refractivity contribution is 9.10. The Labute approximate surface area is 236 Å². The van der Waals surface area contributed by atoms with Crippen LogP contribution in [0.3, 0.4) is 0 Å². The van der Waals surface area contributed by atoms with Gasteiger partial charge in [-0.1, -0.05) is 18.2 Å². The van der Waals surface area contributed by atoms with Crippen LogP contribution in [0.4, 0.5) is 23.7 Å². The predicted molar refractivity (Wildman–Crippen MR) is 141 cm³/mol. The van der Waals surface area contributed by atoms with Gasteiger partial charge in [-0.25, -0.2) is 9.59 Å². The smallest absolute Gasteiger partial charge is 0.471 e. The van der Waals surface area contributed by atoms with Crippen molar-refractivity contribution in [2.45, 2.75) is 57.5 Å². The molecule has 0 aromatic heterocycles. The molecule has 40 heavy (non-hydrogen) atoms. The molecule has 10 nitrogen and oxygen atoms in total. The third kappa shape index (κ3) is 10.4. The third-order valence-electron chi connectivity index (χ3n) is 5.16. The lowest BCUT2D eigenvalue weighted by Gasteiger charge is -2.25. The zero-order valence-corrected chi connectivity index (χ0v) is 23.6. The van der Waals surface area contributed by atoms with Gasteiger partial charge in [0.2, 0.25) is 5.91 Å². The van der Waals surface area contributed by atoms with Crippen LogP contribution in [-0.2, 0) is 36.7 Å². The third-order valence-corrected chi connectivity index (χ3v) is 5.82. The number of phenolic OH excluding ortho intramolecular Hbond substituents is 1. The molecule has 2 atom stereocenters. The molecule has 3 amide bonds. The van der Waals surface area contributed by atoms with Gasteiger partial charge in [0.05, 0.1) is 12.8 Å². The first-order chi connectivity index (χ1) is 18.5. The van der Waals surface area contributed by atoms with Gasteiger partial charge in [0, 0.05) is 17.3 Å². The molecule has 0 radical (unpaired) electrons. The molecule has 0 aliphatic heterocycles. The standard InChI is InChI=1S/C26H29BrF3N3O7/c1-25(2,3)40-24(38)33-19(13-15-7-10-18(17(27)11-15)32-23(37)26(28,29)30)21(35)31-20(22(36)39-4)12-14-5-8-16(34)9-6-14/h5-11,19-20,34H,12-13H2,1-4H3,(H,31,35)(H,32,37)(H,33,38)/t19-,20-/m0/s1. The average Bonchev–Trinajstić information content (AvgIpc) is 2.83. The summed E-state index contributed by atoms with van der Waals surface area (Å²) in [5.74, 6) is -3.68. The molecule has 14 heteroatoms. The minimum absolute atomic E-state index is 0.0109. The van der Waals surface area contributed by atoms with Gasteiger partial charge in [0.25, 0.3) is 0 Å². The number of rotatable bonds is 9. The number of halogens is 4. The predicted octanol–water partition coefficient (Wildman–Crippen LogP) is 3.99. The number of aromatic hydroxyl groups is 1. The van der Waals surface area contributed by atoms with Gasteiger partial charge < -0.3 is 30.5 Å². The Balaban J connectivity index is 2.29. The van der Waals surface area contributed by atoms with Crippen LogP contribution in [0.25, 0.3) is 0 Å². The summed E-state index contributed by atoms with van der Waals surface area (Å²) >= 11 is 3.10. The van der Waals surface area contributed by atoms with Gasteiger partial charge in [-0.15, -0.1) is 0 Å². The molecule has 2 aromatic rings. The van der Waals surface area contributed by atoms with E-state index in [0.717, 1.165) is 7.11 Å². The molecular formula is C26H29BrF3N3O7. The van der Waals surface area contributed by atoms with E-state index in [4.69, 9.17) is 9.47 Å². The number of carbonyl (C=O) groups excluding carboxylic acids is 4. The highest BCUT2D eigenvalue weighted by atomic mass is 79.9. The van der Waals surface area contributed by atoms with Gasteiger partial charge in [-0.3, -0.25) is 9.59 Å². The van der Waals surface area contributed by atoms with Gasteiger partial charge in [0.15, 0.2) is 0 Å². The van der Waals surface area contributed by atoms with Crippen molar-refractivity contribution >= 4 is 45.5 Å². The molecular weight excluding hydrogens is 603 g/mol. The van der Waals surface area contributed by atoms with E-state index >= 15 is 0 Å². The molecule has 0 fully saturated rings. The molecule has 0 saturated carbocycles. The van der Waals surface area contributed by atoms with Crippen LogP contribution in [-0.4, -0.2) is 60.0 Å². The topological polar surface area (TPSA) is 143 Å². The van der Waals surface area contributed by atoms with E-state index in [-0.39, 0.29) is 28.8 Å².